The molecule has 2 aromatic rings. The molecule has 0 unspecified atom stereocenters. The van der Waals surface area contributed by atoms with Crippen LogP contribution in [0.3, 0.4) is 0 Å². The monoisotopic (exact) mass is 372 g/mol. The third kappa shape index (κ3) is 3.71. The Bertz CT molecular complexity index is 918. The highest BCUT2D eigenvalue weighted by atomic mass is 19.3. The van der Waals surface area contributed by atoms with Crippen molar-refractivity contribution in [3.8, 4) is 11.3 Å². The Morgan fingerprint density at radius 1 is 1.37 bits per heavy atom. The number of carbonyl (C=O) groups excluding carboxylic acids is 1. The van der Waals surface area contributed by atoms with Gasteiger partial charge < -0.3 is 15.2 Å². The van der Waals surface area contributed by atoms with Crippen LogP contribution >= 0.6 is 0 Å². The number of aromatic amines is 1. The lowest BCUT2D eigenvalue weighted by Gasteiger charge is -2.34. The number of H-pyrrole nitrogens is 1. The summed E-state index contributed by atoms with van der Waals surface area (Å²) in [7, 11) is 0. The normalized spacial score (nSPS) is 18.3. The fourth-order valence-electron chi connectivity index (χ4n) is 3.13. The number of amides is 1. The average Bonchev–Trinajstić information content (AvgIpc) is 3.20. The molecule has 9 heteroatoms. The molecule has 1 saturated carbocycles. The van der Waals surface area contributed by atoms with Gasteiger partial charge in [0.2, 0.25) is 5.91 Å². The lowest BCUT2D eigenvalue weighted by molar-refractivity contribution is -0.121. The van der Waals surface area contributed by atoms with Gasteiger partial charge in [0, 0.05) is 18.3 Å². The van der Waals surface area contributed by atoms with Crippen LogP contribution in [0.4, 0.5) is 14.6 Å². The first-order valence-corrected chi connectivity index (χ1v) is 8.56. The number of imidazole rings is 1. The number of carbonyl (C=O) groups is 1. The van der Waals surface area contributed by atoms with Gasteiger partial charge in [-0.2, -0.15) is 0 Å². The van der Waals surface area contributed by atoms with Crippen LogP contribution < -0.4 is 10.2 Å². The molecule has 140 valence electrons. The molecule has 1 aliphatic heterocycles. The van der Waals surface area contributed by atoms with Crippen LogP contribution in [0, 0.1) is 5.41 Å². The van der Waals surface area contributed by atoms with Gasteiger partial charge in [0.05, 0.1) is 29.7 Å². The molecule has 3 heterocycles. The summed E-state index contributed by atoms with van der Waals surface area (Å²) in [6.45, 7) is 1.01. The molecule has 0 bridgehead atoms. The predicted molar refractivity (Wildman–Crippen MR) is 96.9 cm³/mol. The zero-order valence-electron chi connectivity index (χ0n) is 14.4. The number of piperazine rings is 1. The van der Waals surface area contributed by atoms with E-state index in [1.807, 2.05) is 17.0 Å². The molecule has 0 atom stereocenters. The molecule has 1 amide bonds. The Kier molecular flexibility index (Phi) is 4.21. The first-order chi connectivity index (χ1) is 12.9. The van der Waals surface area contributed by atoms with Crippen molar-refractivity contribution >= 4 is 23.5 Å². The van der Waals surface area contributed by atoms with Crippen LogP contribution in [0.5, 0.6) is 0 Å². The number of rotatable bonds is 5. The van der Waals surface area contributed by atoms with Crippen LogP contribution in [-0.2, 0) is 4.79 Å². The fourth-order valence-corrected chi connectivity index (χ4v) is 3.13. The molecule has 2 aliphatic rings. The van der Waals surface area contributed by atoms with E-state index in [4.69, 9.17) is 5.41 Å². The minimum atomic E-state index is -2.81. The van der Waals surface area contributed by atoms with E-state index in [0.29, 0.717) is 17.3 Å². The molecule has 1 spiro atoms. The topological polar surface area (TPSA) is 97.8 Å². The number of hydrogen-bond acceptors (Lipinski definition) is 5. The lowest BCUT2D eigenvalue weighted by atomic mass is 10.1. The van der Waals surface area contributed by atoms with Crippen LogP contribution in [0.1, 0.15) is 18.7 Å². The minimum Gasteiger partial charge on any atom is -0.347 e. The van der Waals surface area contributed by atoms with Crippen molar-refractivity contribution in [2.24, 2.45) is 0 Å². The molecule has 0 radical (unpaired) electrons. The highest BCUT2D eigenvalue weighted by Gasteiger charge is 2.48. The second-order valence-corrected chi connectivity index (χ2v) is 6.86. The molecular weight excluding hydrogens is 354 g/mol. The molecule has 27 heavy (non-hydrogen) atoms. The van der Waals surface area contributed by atoms with E-state index in [1.165, 1.54) is 6.08 Å². The van der Waals surface area contributed by atoms with E-state index in [-0.39, 0.29) is 18.0 Å². The third-order valence-electron chi connectivity index (χ3n) is 4.72. The Labute approximate surface area is 154 Å². The molecular formula is C18H18F2N6O. The number of nitrogens with one attached hydrogen (secondary N) is 3. The van der Waals surface area contributed by atoms with Gasteiger partial charge in [0.1, 0.15) is 11.6 Å². The van der Waals surface area contributed by atoms with E-state index in [0.717, 1.165) is 31.0 Å². The first kappa shape index (κ1) is 17.3. The summed E-state index contributed by atoms with van der Waals surface area (Å²) < 4.78 is 24.7. The lowest BCUT2D eigenvalue weighted by Crippen LogP contribution is -2.56. The summed E-state index contributed by atoms with van der Waals surface area (Å²) in [5.74, 6) is 1.09. The van der Waals surface area contributed by atoms with Gasteiger partial charge in [-0.3, -0.25) is 10.2 Å². The summed E-state index contributed by atoms with van der Waals surface area (Å²) in [5.41, 5.74) is 0.654. The largest absolute Gasteiger partial charge is 0.347 e. The minimum absolute atomic E-state index is 0.00129. The summed E-state index contributed by atoms with van der Waals surface area (Å²) in [6.07, 6.45) is 4.78. The molecule has 2 fully saturated rings. The Morgan fingerprint density at radius 2 is 2.19 bits per heavy atom. The molecule has 3 N–H and O–H groups in total. The van der Waals surface area contributed by atoms with Gasteiger partial charge in [-0.15, -0.1) is 0 Å². The SMILES string of the molecule is N=C(/C=C\c1ncc(-c2ccnc(N3CC(=O)NC4(CC4)C3)c2)[nH]1)C(F)F. The predicted octanol–water partition coefficient (Wildman–Crippen LogP) is 2.24. The van der Waals surface area contributed by atoms with Gasteiger partial charge in [-0.1, -0.05) is 0 Å². The number of nitrogens with zero attached hydrogens (tertiary/aromatic N) is 3. The number of halogens is 2. The standard InChI is InChI=1S/C18H18F2N6O/c19-17(20)12(21)1-2-14-23-8-13(24-14)11-3-6-22-15(7-11)26-9-16(27)25-18(10-26)4-5-18/h1-3,6-8,17,21H,4-5,9-10H2,(H,23,24)(H,25,27)/b2-1-,21-12?. The maximum atomic E-state index is 12.4. The van der Waals surface area contributed by atoms with E-state index < -0.39 is 12.1 Å². The van der Waals surface area contributed by atoms with Crippen LogP contribution in [0.2, 0.25) is 0 Å². The second kappa shape index (κ2) is 6.57. The summed E-state index contributed by atoms with van der Waals surface area (Å²) >= 11 is 0. The number of pyridine rings is 1. The van der Waals surface area contributed by atoms with Gasteiger partial charge in [-0.25, -0.2) is 18.7 Å². The summed E-state index contributed by atoms with van der Waals surface area (Å²) in [6, 6.07) is 3.68. The maximum absolute atomic E-state index is 12.4. The van der Waals surface area contributed by atoms with Crippen LogP contribution in [0.15, 0.2) is 30.6 Å². The smallest absolute Gasteiger partial charge is 0.279 e. The quantitative estimate of drug-likeness (QED) is 0.701. The van der Waals surface area contributed by atoms with Crippen molar-refractivity contribution < 1.29 is 13.6 Å². The Morgan fingerprint density at radius 3 is 2.93 bits per heavy atom. The number of allylic oxidation sites excluding steroid dienone is 1. The van der Waals surface area contributed by atoms with Crippen molar-refractivity contribution in [3.05, 3.63) is 36.4 Å². The maximum Gasteiger partial charge on any atom is 0.279 e. The molecule has 1 aliphatic carbocycles. The van der Waals surface area contributed by atoms with Crippen molar-refractivity contribution in [1.82, 2.24) is 20.3 Å². The molecule has 1 saturated heterocycles. The molecule has 0 aromatic carbocycles. The van der Waals surface area contributed by atoms with E-state index in [1.54, 1.807) is 12.4 Å². The average molecular weight is 372 g/mol. The summed E-state index contributed by atoms with van der Waals surface area (Å²) in [4.78, 5) is 25.5. The van der Waals surface area contributed by atoms with Gasteiger partial charge in [0.15, 0.2) is 0 Å². The molecule has 2 aromatic heterocycles. The van der Waals surface area contributed by atoms with Gasteiger partial charge in [-0.05, 0) is 37.1 Å². The second-order valence-electron chi connectivity index (χ2n) is 6.86. The number of aromatic nitrogens is 3. The third-order valence-corrected chi connectivity index (χ3v) is 4.72. The first-order valence-electron chi connectivity index (χ1n) is 8.56. The van der Waals surface area contributed by atoms with Crippen molar-refractivity contribution in [2.45, 2.75) is 24.8 Å². The van der Waals surface area contributed by atoms with E-state index >= 15 is 0 Å². The molecule has 7 nitrogen and oxygen atoms in total. The van der Waals surface area contributed by atoms with Crippen LogP contribution in [-0.4, -0.2) is 51.6 Å². The zero-order valence-corrected chi connectivity index (χ0v) is 14.4. The van der Waals surface area contributed by atoms with Crippen LogP contribution in [0.25, 0.3) is 17.3 Å². The highest BCUT2D eigenvalue weighted by molar-refractivity contribution is 5.97. The molecule has 4 rings (SSSR count). The van der Waals surface area contributed by atoms with Gasteiger partial charge in [0.25, 0.3) is 6.43 Å². The number of hydrogen-bond donors (Lipinski definition) is 3. The highest BCUT2D eigenvalue weighted by Crippen LogP contribution is 2.39. The van der Waals surface area contributed by atoms with Crippen molar-refractivity contribution in [2.75, 3.05) is 18.0 Å². The number of alkyl halides is 2. The van der Waals surface area contributed by atoms with Crippen molar-refractivity contribution in [3.63, 3.8) is 0 Å². The van der Waals surface area contributed by atoms with Gasteiger partial charge >= 0.3 is 0 Å². The fraction of sp³-hybridized carbons (Fsp3) is 0.333. The Hall–Kier alpha value is -3.10. The van der Waals surface area contributed by atoms with E-state index in [9.17, 15) is 13.6 Å². The zero-order chi connectivity index (χ0) is 19.0. The van der Waals surface area contributed by atoms with E-state index in [2.05, 4.69) is 20.3 Å². The van der Waals surface area contributed by atoms with Crippen molar-refractivity contribution in [1.29, 1.82) is 5.41 Å². The Balaban J connectivity index is 1.53. The number of anilines is 1. The summed E-state index contributed by atoms with van der Waals surface area (Å²) in [5, 5.41) is 10.2.